The number of nitrogens with zero attached hydrogens (tertiary/aromatic N) is 4. The van der Waals surface area contributed by atoms with E-state index in [0.717, 1.165) is 36.0 Å². The van der Waals surface area contributed by atoms with E-state index in [1.54, 1.807) is 0 Å². The maximum atomic E-state index is 4.61. The Labute approximate surface area is 110 Å². The summed E-state index contributed by atoms with van der Waals surface area (Å²) in [5.41, 5.74) is 2.20. The molecular formula is C14H24N4. The van der Waals surface area contributed by atoms with Gasteiger partial charge in [-0.05, 0) is 40.9 Å². The highest BCUT2D eigenvalue weighted by Gasteiger charge is 2.11. The molecule has 100 valence electrons. The lowest BCUT2D eigenvalue weighted by molar-refractivity contribution is 0.416. The minimum Gasteiger partial charge on any atom is -0.358 e. The van der Waals surface area contributed by atoms with Crippen LogP contribution >= 0.6 is 0 Å². The van der Waals surface area contributed by atoms with Gasteiger partial charge >= 0.3 is 0 Å². The van der Waals surface area contributed by atoms with Crippen LogP contribution in [0.5, 0.6) is 0 Å². The van der Waals surface area contributed by atoms with Crippen LogP contribution in [-0.4, -0.2) is 49.1 Å². The molecule has 4 nitrogen and oxygen atoms in total. The fraction of sp³-hybridized carbons (Fsp3) is 0.571. The lowest BCUT2D eigenvalue weighted by Crippen LogP contribution is -2.30. The summed E-state index contributed by atoms with van der Waals surface area (Å²) < 4.78 is 0. The van der Waals surface area contributed by atoms with E-state index in [1.165, 1.54) is 0 Å². The van der Waals surface area contributed by atoms with E-state index in [2.05, 4.69) is 47.8 Å². The van der Waals surface area contributed by atoms with E-state index < -0.39 is 0 Å². The zero-order valence-corrected chi connectivity index (χ0v) is 12.4. The third-order valence-electron chi connectivity index (χ3n) is 2.94. The Morgan fingerprint density at radius 3 is 2.28 bits per heavy atom. The minimum atomic E-state index is 0.785. The molecule has 1 heterocycles. The Bertz CT molecular complexity index is 424. The van der Waals surface area contributed by atoms with Crippen LogP contribution in [0.15, 0.2) is 6.08 Å². The smallest absolute Gasteiger partial charge is 0.154 e. The molecule has 0 radical (unpaired) electrons. The molecule has 0 saturated carbocycles. The van der Waals surface area contributed by atoms with Crippen LogP contribution in [0.4, 0.5) is 5.82 Å². The van der Waals surface area contributed by atoms with Gasteiger partial charge in [-0.25, -0.2) is 9.97 Å². The molecular weight excluding hydrogens is 224 g/mol. The van der Waals surface area contributed by atoms with E-state index in [9.17, 15) is 0 Å². The number of hydrogen-bond donors (Lipinski definition) is 0. The SMILES string of the molecule is C/C=C/c1nc(C)c(C)c(N(C)CCN(C)C)n1. The van der Waals surface area contributed by atoms with Crippen molar-refractivity contribution in [1.82, 2.24) is 14.9 Å². The first-order valence-electron chi connectivity index (χ1n) is 6.29. The lowest BCUT2D eigenvalue weighted by Gasteiger charge is -2.23. The van der Waals surface area contributed by atoms with Crippen LogP contribution in [0.3, 0.4) is 0 Å². The zero-order chi connectivity index (χ0) is 13.7. The highest BCUT2D eigenvalue weighted by molar-refractivity contribution is 5.52. The highest BCUT2D eigenvalue weighted by atomic mass is 15.2. The van der Waals surface area contributed by atoms with Gasteiger partial charge in [0.1, 0.15) is 5.82 Å². The van der Waals surface area contributed by atoms with Crippen molar-refractivity contribution in [2.75, 3.05) is 39.1 Å². The summed E-state index contributed by atoms with van der Waals surface area (Å²) in [7, 11) is 6.24. The van der Waals surface area contributed by atoms with Crippen molar-refractivity contribution in [2.45, 2.75) is 20.8 Å². The second-order valence-corrected chi connectivity index (χ2v) is 4.84. The Kier molecular flexibility index (Phi) is 5.28. The van der Waals surface area contributed by atoms with Gasteiger partial charge in [0.25, 0.3) is 0 Å². The molecule has 0 aliphatic carbocycles. The molecule has 18 heavy (non-hydrogen) atoms. The van der Waals surface area contributed by atoms with Gasteiger partial charge in [-0.15, -0.1) is 0 Å². The van der Waals surface area contributed by atoms with Gasteiger partial charge in [-0.3, -0.25) is 0 Å². The zero-order valence-electron chi connectivity index (χ0n) is 12.4. The Balaban J connectivity index is 2.98. The Morgan fingerprint density at radius 1 is 1.06 bits per heavy atom. The molecule has 0 unspecified atom stereocenters. The van der Waals surface area contributed by atoms with Crippen LogP contribution in [0.25, 0.3) is 6.08 Å². The predicted molar refractivity (Wildman–Crippen MR) is 78.0 cm³/mol. The molecule has 0 aliphatic heterocycles. The maximum Gasteiger partial charge on any atom is 0.154 e. The molecule has 0 aromatic carbocycles. The van der Waals surface area contributed by atoms with Crippen LogP contribution < -0.4 is 4.90 Å². The number of anilines is 1. The molecule has 0 fully saturated rings. The third-order valence-corrected chi connectivity index (χ3v) is 2.94. The number of rotatable bonds is 5. The van der Waals surface area contributed by atoms with Crippen LogP contribution in [0, 0.1) is 13.8 Å². The van der Waals surface area contributed by atoms with E-state index >= 15 is 0 Å². The first-order chi connectivity index (χ1) is 8.45. The van der Waals surface area contributed by atoms with Crippen molar-refractivity contribution < 1.29 is 0 Å². The molecule has 0 bridgehead atoms. The summed E-state index contributed by atoms with van der Waals surface area (Å²) in [6.07, 6.45) is 3.91. The van der Waals surface area contributed by atoms with Crippen LogP contribution in [0.2, 0.25) is 0 Å². The summed E-state index contributed by atoms with van der Waals surface area (Å²) in [6, 6.07) is 0. The normalized spacial score (nSPS) is 11.5. The first kappa shape index (κ1) is 14.6. The van der Waals surface area contributed by atoms with Gasteiger partial charge in [0, 0.05) is 31.4 Å². The van der Waals surface area contributed by atoms with E-state index in [1.807, 2.05) is 26.0 Å². The number of hydrogen-bond acceptors (Lipinski definition) is 4. The number of likely N-dealkylation sites (N-methyl/N-ethyl adjacent to an activating group) is 2. The summed E-state index contributed by atoms with van der Waals surface area (Å²) >= 11 is 0. The van der Waals surface area contributed by atoms with Gasteiger partial charge < -0.3 is 9.80 Å². The minimum absolute atomic E-state index is 0.785. The van der Waals surface area contributed by atoms with E-state index in [4.69, 9.17) is 0 Å². The number of aryl methyl sites for hydroxylation is 1. The van der Waals surface area contributed by atoms with Crippen molar-refractivity contribution in [3.8, 4) is 0 Å². The van der Waals surface area contributed by atoms with Gasteiger partial charge in [-0.1, -0.05) is 6.08 Å². The monoisotopic (exact) mass is 248 g/mol. The lowest BCUT2D eigenvalue weighted by atomic mass is 10.2. The Morgan fingerprint density at radius 2 is 1.72 bits per heavy atom. The summed E-state index contributed by atoms with van der Waals surface area (Å²) in [6.45, 7) is 8.06. The average Bonchev–Trinajstić information content (AvgIpc) is 2.30. The van der Waals surface area contributed by atoms with Gasteiger partial charge in [-0.2, -0.15) is 0 Å². The molecule has 1 aromatic rings. The molecule has 0 N–H and O–H groups in total. The van der Waals surface area contributed by atoms with E-state index in [0.29, 0.717) is 0 Å². The molecule has 1 aromatic heterocycles. The van der Waals surface area contributed by atoms with Crippen LogP contribution in [-0.2, 0) is 0 Å². The van der Waals surface area contributed by atoms with Crippen molar-refractivity contribution in [3.05, 3.63) is 23.2 Å². The second-order valence-electron chi connectivity index (χ2n) is 4.84. The van der Waals surface area contributed by atoms with Gasteiger partial charge in [0.2, 0.25) is 0 Å². The molecule has 0 spiro atoms. The number of allylic oxidation sites excluding steroid dienone is 1. The first-order valence-corrected chi connectivity index (χ1v) is 6.29. The highest BCUT2D eigenvalue weighted by Crippen LogP contribution is 2.18. The van der Waals surface area contributed by atoms with Crippen molar-refractivity contribution in [2.24, 2.45) is 0 Å². The standard InChI is InChI=1S/C14H24N4/c1-7-8-13-15-12(3)11(2)14(16-13)18(6)10-9-17(4)5/h7-8H,9-10H2,1-6H3/b8-7+. The molecule has 0 atom stereocenters. The fourth-order valence-electron chi connectivity index (χ4n) is 1.69. The predicted octanol–water partition coefficient (Wildman–Crippen LogP) is 2.12. The van der Waals surface area contributed by atoms with Crippen LogP contribution in [0.1, 0.15) is 24.0 Å². The summed E-state index contributed by atoms with van der Waals surface area (Å²) in [4.78, 5) is 13.4. The molecule has 1 rings (SSSR count). The van der Waals surface area contributed by atoms with Crippen molar-refractivity contribution in [3.63, 3.8) is 0 Å². The van der Waals surface area contributed by atoms with Crippen molar-refractivity contribution >= 4 is 11.9 Å². The van der Waals surface area contributed by atoms with Gasteiger partial charge in [0.05, 0.1) is 0 Å². The van der Waals surface area contributed by atoms with Crippen molar-refractivity contribution in [1.29, 1.82) is 0 Å². The number of aromatic nitrogens is 2. The largest absolute Gasteiger partial charge is 0.358 e. The fourth-order valence-corrected chi connectivity index (χ4v) is 1.69. The second kappa shape index (κ2) is 6.50. The van der Waals surface area contributed by atoms with E-state index in [-0.39, 0.29) is 0 Å². The topological polar surface area (TPSA) is 32.3 Å². The molecule has 0 amide bonds. The molecule has 0 saturated heterocycles. The quantitative estimate of drug-likeness (QED) is 0.799. The summed E-state index contributed by atoms with van der Waals surface area (Å²) in [5, 5.41) is 0. The summed E-state index contributed by atoms with van der Waals surface area (Å²) in [5.74, 6) is 1.81. The molecule has 4 heteroatoms. The molecule has 0 aliphatic rings. The Hall–Kier alpha value is -1.42. The average molecular weight is 248 g/mol. The van der Waals surface area contributed by atoms with Gasteiger partial charge in [0.15, 0.2) is 5.82 Å². The third kappa shape index (κ3) is 3.81. The maximum absolute atomic E-state index is 4.61.